The molecule has 0 saturated heterocycles. The van der Waals surface area contributed by atoms with E-state index in [1.165, 1.54) is 0 Å². The average Bonchev–Trinajstić information content (AvgIpc) is 2.90. The number of rotatable bonds is 2. The van der Waals surface area contributed by atoms with E-state index in [1.807, 2.05) is 24.3 Å². The van der Waals surface area contributed by atoms with Gasteiger partial charge in [0.1, 0.15) is 0 Å². The summed E-state index contributed by atoms with van der Waals surface area (Å²) in [6, 6.07) is 10.7. The fourth-order valence-electron chi connectivity index (χ4n) is 1.83. The highest BCUT2D eigenvalue weighted by atomic mass is 127. The lowest BCUT2D eigenvalue weighted by atomic mass is 10.2. The summed E-state index contributed by atoms with van der Waals surface area (Å²) >= 11 is 8.26. The molecule has 1 aliphatic rings. The molecule has 0 bridgehead atoms. The van der Waals surface area contributed by atoms with E-state index in [4.69, 9.17) is 21.1 Å². The lowest BCUT2D eigenvalue weighted by Crippen LogP contribution is -2.11. The molecule has 0 spiro atoms. The van der Waals surface area contributed by atoms with Gasteiger partial charge >= 0.3 is 0 Å². The first-order valence-corrected chi connectivity index (χ1v) is 7.25. The van der Waals surface area contributed by atoms with Crippen LogP contribution in [0.15, 0.2) is 36.4 Å². The first kappa shape index (κ1) is 13.5. The van der Waals surface area contributed by atoms with Crippen LogP contribution < -0.4 is 14.8 Å². The van der Waals surface area contributed by atoms with Crippen LogP contribution in [-0.2, 0) is 0 Å². The van der Waals surface area contributed by atoms with E-state index in [1.54, 1.807) is 12.1 Å². The number of hydrogen-bond acceptors (Lipinski definition) is 3. The summed E-state index contributed by atoms with van der Waals surface area (Å²) < 4.78 is 11.6. The third-order valence-electron chi connectivity index (χ3n) is 2.79. The van der Waals surface area contributed by atoms with E-state index in [0.29, 0.717) is 22.1 Å². The zero-order valence-corrected chi connectivity index (χ0v) is 13.1. The van der Waals surface area contributed by atoms with Gasteiger partial charge in [-0.2, -0.15) is 0 Å². The van der Waals surface area contributed by atoms with Crippen LogP contribution in [0.25, 0.3) is 0 Å². The highest BCUT2D eigenvalue weighted by Gasteiger charge is 2.20. The van der Waals surface area contributed by atoms with Crippen molar-refractivity contribution in [3.63, 3.8) is 0 Å². The largest absolute Gasteiger partial charge is 0.454 e. The van der Waals surface area contributed by atoms with Crippen LogP contribution in [0.1, 0.15) is 10.4 Å². The topological polar surface area (TPSA) is 47.6 Å². The van der Waals surface area contributed by atoms with Crippen molar-refractivity contribution in [1.29, 1.82) is 0 Å². The molecule has 0 aliphatic carbocycles. The van der Waals surface area contributed by atoms with E-state index >= 15 is 0 Å². The number of ether oxygens (including phenoxy) is 2. The molecule has 102 valence electrons. The molecule has 0 saturated carbocycles. The number of halogens is 2. The summed E-state index contributed by atoms with van der Waals surface area (Å²) in [5.41, 5.74) is 1.15. The van der Waals surface area contributed by atoms with Crippen LogP contribution in [0.3, 0.4) is 0 Å². The van der Waals surface area contributed by atoms with Crippen molar-refractivity contribution in [2.24, 2.45) is 0 Å². The van der Waals surface area contributed by atoms with Crippen molar-refractivity contribution in [1.82, 2.24) is 0 Å². The van der Waals surface area contributed by atoms with Crippen LogP contribution in [0.5, 0.6) is 11.5 Å². The van der Waals surface area contributed by atoms with Gasteiger partial charge in [0.05, 0.1) is 5.02 Å². The number of hydrogen-bond donors (Lipinski definition) is 1. The van der Waals surface area contributed by atoms with E-state index in [9.17, 15) is 4.79 Å². The van der Waals surface area contributed by atoms with Crippen molar-refractivity contribution in [2.75, 3.05) is 12.1 Å². The second kappa shape index (κ2) is 5.49. The van der Waals surface area contributed by atoms with Crippen LogP contribution in [0, 0.1) is 3.57 Å². The lowest BCUT2D eigenvalue weighted by Gasteiger charge is -2.07. The number of nitrogens with one attached hydrogen (secondary N) is 1. The molecule has 1 N–H and O–H groups in total. The second-order valence-corrected chi connectivity index (χ2v) is 5.81. The summed E-state index contributed by atoms with van der Waals surface area (Å²) in [6.07, 6.45) is 0. The van der Waals surface area contributed by atoms with Gasteiger partial charge in [-0.3, -0.25) is 4.79 Å². The predicted octanol–water partition coefficient (Wildman–Crippen LogP) is 3.93. The predicted molar refractivity (Wildman–Crippen MR) is 84.7 cm³/mol. The number of carbonyl (C=O) groups is 1. The van der Waals surface area contributed by atoms with Gasteiger partial charge in [-0.25, -0.2) is 0 Å². The molecule has 1 amide bonds. The third-order valence-corrected chi connectivity index (χ3v) is 3.79. The molecule has 2 aromatic carbocycles. The normalized spacial score (nSPS) is 12.3. The summed E-state index contributed by atoms with van der Waals surface area (Å²) in [6.45, 7) is 0.122. The van der Waals surface area contributed by atoms with E-state index in [2.05, 4.69) is 27.9 Å². The van der Waals surface area contributed by atoms with Gasteiger partial charge in [0.15, 0.2) is 11.5 Å². The minimum absolute atomic E-state index is 0.122. The summed E-state index contributed by atoms with van der Waals surface area (Å²) in [7, 11) is 0. The fraction of sp³-hybridized carbons (Fsp3) is 0.0714. The molecule has 0 radical (unpaired) electrons. The van der Waals surface area contributed by atoms with Crippen LogP contribution in [0.4, 0.5) is 5.69 Å². The minimum atomic E-state index is -0.244. The van der Waals surface area contributed by atoms with E-state index < -0.39 is 0 Å². The molecule has 1 heterocycles. The Labute approximate surface area is 134 Å². The van der Waals surface area contributed by atoms with Crippen LogP contribution >= 0.6 is 34.2 Å². The van der Waals surface area contributed by atoms with Gasteiger partial charge < -0.3 is 14.8 Å². The molecule has 1 aliphatic heterocycles. The van der Waals surface area contributed by atoms with Crippen molar-refractivity contribution in [3.8, 4) is 11.5 Å². The van der Waals surface area contributed by atoms with E-state index in [0.717, 1.165) is 9.26 Å². The highest BCUT2D eigenvalue weighted by molar-refractivity contribution is 14.1. The Morgan fingerprint density at radius 2 is 1.95 bits per heavy atom. The van der Waals surface area contributed by atoms with Gasteiger partial charge in [0, 0.05) is 14.8 Å². The molecular weight excluding hydrogens is 393 g/mol. The number of anilines is 1. The Morgan fingerprint density at radius 1 is 1.20 bits per heavy atom. The van der Waals surface area contributed by atoms with Gasteiger partial charge in [-0.15, -0.1) is 0 Å². The number of benzene rings is 2. The zero-order chi connectivity index (χ0) is 14.1. The molecule has 4 nitrogen and oxygen atoms in total. The second-order valence-electron chi connectivity index (χ2n) is 4.15. The molecular formula is C14H9ClINO3. The maximum absolute atomic E-state index is 12.2. The number of fused-ring (bicyclic) bond motifs is 1. The Balaban J connectivity index is 1.84. The maximum Gasteiger partial charge on any atom is 0.255 e. The maximum atomic E-state index is 12.2. The molecule has 0 atom stereocenters. The molecule has 0 fully saturated rings. The smallest absolute Gasteiger partial charge is 0.255 e. The Bertz CT molecular complexity index is 673. The molecule has 6 heteroatoms. The molecule has 3 rings (SSSR count). The SMILES string of the molecule is O=C(Nc1ccc(I)cc1)c1cc(Cl)c2c(c1)OCO2. The van der Waals surface area contributed by atoms with Crippen molar-refractivity contribution < 1.29 is 14.3 Å². The van der Waals surface area contributed by atoms with Gasteiger partial charge in [-0.1, -0.05) is 11.6 Å². The van der Waals surface area contributed by atoms with Gasteiger partial charge in [0.2, 0.25) is 6.79 Å². The lowest BCUT2D eigenvalue weighted by molar-refractivity contribution is 0.102. The van der Waals surface area contributed by atoms with Crippen molar-refractivity contribution in [2.45, 2.75) is 0 Å². The summed E-state index contributed by atoms with van der Waals surface area (Å²) in [4.78, 5) is 12.2. The molecule has 0 aromatic heterocycles. The monoisotopic (exact) mass is 401 g/mol. The number of carbonyl (C=O) groups excluding carboxylic acids is 1. The standard InChI is InChI=1S/C14H9ClINO3/c15-11-5-8(6-12-13(11)20-7-19-12)14(18)17-10-3-1-9(16)2-4-10/h1-6H,7H2,(H,17,18). The molecule has 20 heavy (non-hydrogen) atoms. The number of amides is 1. The third kappa shape index (κ3) is 2.69. The quantitative estimate of drug-likeness (QED) is 0.776. The molecule has 0 unspecified atom stereocenters. The minimum Gasteiger partial charge on any atom is -0.454 e. The first-order valence-electron chi connectivity index (χ1n) is 5.79. The van der Waals surface area contributed by atoms with Crippen molar-refractivity contribution in [3.05, 3.63) is 50.6 Å². The highest BCUT2D eigenvalue weighted by Crippen LogP contribution is 2.39. The van der Waals surface area contributed by atoms with Gasteiger partial charge in [0.25, 0.3) is 5.91 Å². The first-order chi connectivity index (χ1) is 9.63. The van der Waals surface area contributed by atoms with Crippen molar-refractivity contribution >= 4 is 45.8 Å². The van der Waals surface area contributed by atoms with Crippen LogP contribution in [0.2, 0.25) is 5.02 Å². The van der Waals surface area contributed by atoms with Crippen LogP contribution in [-0.4, -0.2) is 12.7 Å². The Morgan fingerprint density at radius 3 is 2.70 bits per heavy atom. The summed E-state index contributed by atoms with van der Waals surface area (Å²) in [5, 5.41) is 3.17. The summed E-state index contributed by atoms with van der Waals surface area (Å²) in [5.74, 6) is 0.731. The van der Waals surface area contributed by atoms with Gasteiger partial charge in [-0.05, 0) is 59.0 Å². The zero-order valence-electron chi connectivity index (χ0n) is 10.2. The Hall–Kier alpha value is -1.47. The van der Waals surface area contributed by atoms with E-state index in [-0.39, 0.29) is 12.7 Å². The Kier molecular flexibility index (Phi) is 3.71. The molecule has 2 aromatic rings. The fourth-order valence-corrected chi connectivity index (χ4v) is 2.46. The average molecular weight is 402 g/mol.